The molecule has 0 heterocycles. The molecule has 0 aliphatic heterocycles. The topological polar surface area (TPSA) is 111 Å². The van der Waals surface area contributed by atoms with E-state index in [9.17, 15) is 19.0 Å². The van der Waals surface area contributed by atoms with E-state index >= 15 is 0 Å². The smallest absolute Gasteiger partial charge is 0.306 e. The van der Waals surface area contributed by atoms with Crippen LogP contribution in [0, 0.1) is 0 Å². The monoisotopic (exact) mass is 900 g/mol. The molecule has 0 bridgehead atoms. The molecule has 0 saturated carbocycles. The maximum atomic E-state index is 12.7. The second-order valence-corrected chi connectivity index (χ2v) is 20.7. The first kappa shape index (κ1) is 60.8. The van der Waals surface area contributed by atoms with Crippen molar-refractivity contribution in [3.05, 3.63) is 12.2 Å². The molecule has 2 atom stereocenters. The highest BCUT2D eigenvalue weighted by atomic mass is 31.2. The minimum Gasteiger partial charge on any atom is -0.756 e. The van der Waals surface area contributed by atoms with Crippen LogP contribution in [0.5, 0.6) is 0 Å². The molecule has 0 rings (SSSR count). The van der Waals surface area contributed by atoms with Crippen molar-refractivity contribution in [3.8, 4) is 0 Å². The van der Waals surface area contributed by atoms with Crippen molar-refractivity contribution in [1.82, 2.24) is 0 Å². The number of carbonyl (C=O) groups is 2. The van der Waals surface area contributed by atoms with Crippen molar-refractivity contribution in [2.75, 3.05) is 47.5 Å². The third-order valence-corrected chi connectivity index (χ3v) is 12.7. The second-order valence-electron chi connectivity index (χ2n) is 19.2. The molecule has 62 heavy (non-hydrogen) atoms. The van der Waals surface area contributed by atoms with Gasteiger partial charge in [0.15, 0.2) is 6.10 Å². The van der Waals surface area contributed by atoms with Gasteiger partial charge in [-0.2, -0.15) is 0 Å². The number of phosphoric ester groups is 1. The number of carbonyl (C=O) groups excluding carboxylic acids is 2. The van der Waals surface area contributed by atoms with E-state index in [-0.39, 0.29) is 32.0 Å². The summed E-state index contributed by atoms with van der Waals surface area (Å²) >= 11 is 0. The molecule has 0 aromatic rings. The summed E-state index contributed by atoms with van der Waals surface area (Å²) < 4.78 is 34.1. The molecule has 10 heteroatoms. The quantitative estimate of drug-likeness (QED) is 0.0195. The Morgan fingerprint density at radius 2 is 0.823 bits per heavy atom. The van der Waals surface area contributed by atoms with Gasteiger partial charge in [-0.15, -0.1) is 0 Å². The van der Waals surface area contributed by atoms with E-state index in [4.69, 9.17) is 18.5 Å². The van der Waals surface area contributed by atoms with E-state index in [1.807, 2.05) is 21.1 Å². The first-order valence-corrected chi connectivity index (χ1v) is 27.9. The van der Waals surface area contributed by atoms with Crippen molar-refractivity contribution >= 4 is 19.8 Å². The van der Waals surface area contributed by atoms with Crippen LogP contribution in [-0.2, 0) is 32.7 Å². The van der Waals surface area contributed by atoms with Crippen LogP contribution >= 0.6 is 7.82 Å². The Morgan fingerprint density at radius 1 is 0.484 bits per heavy atom. The molecule has 0 aliphatic carbocycles. The summed E-state index contributed by atoms with van der Waals surface area (Å²) in [6, 6.07) is 0. The lowest BCUT2D eigenvalue weighted by atomic mass is 10.0. The van der Waals surface area contributed by atoms with E-state index in [1.54, 1.807) is 0 Å². The summed E-state index contributed by atoms with van der Waals surface area (Å²) in [4.78, 5) is 37.7. The molecule has 0 aromatic heterocycles. The van der Waals surface area contributed by atoms with E-state index in [1.165, 1.54) is 186 Å². The van der Waals surface area contributed by atoms with Gasteiger partial charge in [0.25, 0.3) is 7.82 Å². The van der Waals surface area contributed by atoms with Crippen LogP contribution in [0.4, 0.5) is 0 Å². The van der Waals surface area contributed by atoms with E-state index in [0.29, 0.717) is 17.4 Å². The molecule has 0 aliphatic rings. The number of likely N-dealkylation sites (N-methyl/N-ethyl adjacent to an activating group) is 1. The fourth-order valence-corrected chi connectivity index (χ4v) is 8.38. The van der Waals surface area contributed by atoms with Gasteiger partial charge in [0.2, 0.25) is 0 Å². The summed E-state index contributed by atoms with van der Waals surface area (Å²) in [5.41, 5.74) is 0. The van der Waals surface area contributed by atoms with Gasteiger partial charge in [-0.3, -0.25) is 14.2 Å². The molecule has 0 aromatic carbocycles. The maximum absolute atomic E-state index is 12.7. The number of nitrogens with zero attached hydrogens (tertiary/aromatic N) is 1. The van der Waals surface area contributed by atoms with Crippen molar-refractivity contribution in [2.24, 2.45) is 0 Å². The highest BCUT2D eigenvalue weighted by Crippen LogP contribution is 2.38. The number of hydrogen-bond donors (Lipinski definition) is 0. The Hall–Kier alpha value is -1.25. The summed E-state index contributed by atoms with van der Waals surface area (Å²) in [6.45, 7) is 4.27. The highest BCUT2D eigenvalue weighted by Gasteiger charge is 2.21. The largest absolute Gasteiger partial charge is 0.756 e. The number of rotatable bonds is 49. The summed E-state index contributed by atoms with van der Waals surface area (Å²) in [5.74, 6) is -0.820. The first-order valence-electron chi connectivity index (χ1n) is 26.4. The van der Waals surface area contributed by atoms with E-state index < -0.39 is 26.5 Å². The molecular weight excluding hydrogens is 798 g/mol. The Morgan fingerprint density at radius 3 is 1.21 bits per heavy atom. The molecule has 0 saturated heterocycles. The second kappa shape index (κ2) is 44.9. The summed E-state index contributed by atoms with van der Waals surface area (Å²) in [7, 11) is 1.18. The molecule has 0 N–H and O–H groups in total. The minimum atomic E-state index is -4.63. The van der Waals surface area contributed by atoms with Crippen LogP contribution in [0.15, 0.2) is 12.2 Å². The standard InChI is InChI=1S/C52H102NO8P/c1-6-8-10-12-14-16-18-20-22-24-25-26-27-29-30-32-34-36-38-40-42-44-51(54)58-48-50(49-60-62(56,57)59-47-46-53(3,4)5)61-52(55)45-43-41-39-37-35-33-31-28-23-21-19-17-15-13-11-9-7-2/h17,19,50H,6-16,18,20-49H2,1-5H3/b19-17+/t50-/m1/s1. The van der Waals surface area contributed by atoms with Crippen LogP contribution < -0.4 is 4.89 Å². The number of ether oxygens (including phenoxy) is 2. The zero-order chi connectivity index (χ0) is 45.7. The van der Waals surface area contributed by atoms with Crippen LogP contribution in [0.25, 0.3) is 0 Å². The van der Waals surface area contributed by atoms with Crippen LogP contribution in [-0.4, -0.2) is 70.0 Å². The van der Waals surface area contributed by atoms with Gasteiger partial charge in [-0.25, -0.2) is 0 Å². The lowest BCUT2D eigenvalue weighted by Gasteiger charge is -2.28. The lowest BCUT2D eigenvalue weighted by molar-refractivity contribution is -0.870. The SMILES string of the molecule is CCCCCC/C=C/CCCCCCCCCCCC(=O)O[C@H](COC(=O)CCCCCCCCCCCCCCCCCCCCCCC)COP(=O)([O-])OCC[N+](C)(C)C. The van der Waals surface area contributed by atoms with Crippen LogP contribution in [0.2, 0.25) is 0 Å². The maximum Gasteiger partial charge on any atom is 0.306 e. The highest BCUT2D eigenvalue weighted by molar-refractivity contribution is 7.45. The average Bonchev–Trinajstić information content (AvgIpc) is 3.23. The fourth-order valence-electron chi connectivity index (χ4n) is 7.65. The fraction of sp³-hybridized carbons (Fsp3) is 0.923. The summed E-state index contributed by atoms with van der Waals surface area (Å²) in [6.07, 6.45) is 49.5. The van der Waals surface area contributed by atoms with E-state index in [0.717, 1.165) is 38.5 Å². The predicted octanol–water partition coefficient (Wildman–Crippen LogP) is 15.1. The van der Waals surface area contributed by atoms with Gasteiger partial charge in [-0.05, 0) is 38.5 Å². The number of phosphoric acid groups is 1. The molecule has 0 fully saturated rings. The first-order chi connectivity index (χ1) is 30.0. The molecule has 0 amide bonds. The lowest BCUT2D eigenvalue weighted by Crippen LogP contribution is -2.37. The van der Waals surface area contributed by atoms with Crippen molar-refractivity contribution < 1.29 is 42.1 Å². The zero-order valence-corrected chi connectivity index (χ0v) is 42.5. The molecule has 9 nitrogen and oxygen atoms in total. The number of unbranched alkanes of at least 4 members (excludes halogenated alkanes) is 33. The average molecular weight is 900 g/mol. The number of esters is 2. The molecule has 0 radical (unpaired) electrons. The van der Waals surface area contributed by atoms with Gasteiger partial charge in [0.05, 0.1) is 27.7 Å². The predicted molar refractivity (Wildman–Crippen MR) is 259 cm³/mol. The van der Waals surface area contributed by atoms with Crippen molar-refractivity contribution in [2.45, 2.75) is 264 Å². The third kappa shape index (κ3) is 48.2. The van der Waals surface area contributed by atoms with Gasteiger partial charge in [0, 0.05) is 12.8 Å². The molecule has 0 spiro atoms. The van der Waals surface area contributed by atoms with Crippen molar-refractivity contribution in [1.29, 1.82) is 0 Å². The van der Waals surface area contributed by atoms with Gasteiger partial charge >= 0.3 is 11.9 Å². The Balaban J connectivity index is 4.18. The molecule has 1 unspecified atom stereocenters. The third-order valence-electron chi connectivity index (χ3n) is 11.8. The number of hydrogen-bond acceptors (Lipinski definition) is 8. The van der Waals surface area contributed by atoms with Gasteiger partial charge in [-0.1, -0.05) is 219 Å². The number of quaternary nitrogens is 1. The molecule has 368 valence electrons. The normalized spacial score (nSPS) is 13.5. The van der Waals surface area contributed by atoms with E-state index in [2.05, 4.69) is 26.0 Å². The summed E-state index contributed by atoms with van der Waals surface area (Å²) in [5, 5.41) is 0. The van der Waals surface area contributed by atoms with Crippen LogP contribution in [0.1, 0.15) is 258 Å². The minimum absolute atomic E-state index is 0.0276. The van der Waals surface area contributed by atoms with Crippen molar-refractivity contribution in [3.63, 3.8) is 0 Å². The molecular formula is C52H102NO8P. The zero-order valence-electron chi connectivity index (χ0n) is 41.6. The Kier molecular flexibility index (Phi) is 44.0. The Labute approximate surface area is 384 Å². The van der Waals surface area contributed by atoms with Gasteiger partial charge in [0.1, 0.15) is 19.8 Å². The Bertz CT molecular complexity index is 1060. The van der Waals surface area contributed by atoms with Crippen LogP contribution in [0.3, 0.4) is 0 Å². The van der Waals surface area contributed by atoms with Gasteiger partial charge < -0.3 is 27.9 Å². The number of allylic oxidation sites excluding steroid dienone is 2.